The predicted molar refractivity (Wildman–Crippen MR) is 138 cm³/mol. The van der Waals surface area contributed by atoms with Gasteiger partial charge in [0.15, 0.2) is 0 Å². The lowest BCUT2D eigenvalue weighted by molar-refractivity contribution is -0.127. The van der Waals surface area contributed by atoms with Gasteiger partial charge in [-0.2, -0.15) is 0 Å². The number of carbonyl (C=O) groups is 2. The SMILES string of the molecule is COc1cccc([C@@H](C(=O)NC2CCCC2)N(C(=O)Cn2nnc3ccccc32)c2ccccc2)c1. The molecule has 1 heterocycles. The normalized spacial score (nSPS) is 14.5. The zero-order chi connectivity index (χ0) is 24.9. The van der Waals surface area contributed by atoms with E-state index in [1.165, 1.54) is 0 Å². The van der Waals surface area contributed by atoms with Gasteiger partial charge < -0.3 is 10.1 Å². The van der Waals surface area contributed by atoms with E-state index in [1.54, 1.807) is 16.7 Å². The maximum Gasteiger partial charge on any atom is 0.249 e. The average Bonchev–Trinajstić information content (AvgIpc) is 3.57. The molecule has 1 fully saturated rings. The fraction of sp³-hybridized carbons (Fsp3) is 0.286. The van der Waals surface area contributed by atoms with E-state index in [1.807, 2.05) is 78.9 Å². The first-order valence-electron chi connectivity index (χ1n) is 12.2. The molecule has 8 heteroatoms. The van der Waals surface area contributed by atoms with Crippen molar-refractivity contribution in [2.75, 3.05) is 12.0 Å². The van der Waals surface area contributed by atoms with Crippen molar-refractivity contribution in [3.8, 4) is 5.75 Å². The van der Waals surface area contributed by atoms with Gasteiger partial charge in [-0.3, -0.25) is 14.5 Å². The highest BCUT2D eigenvalue weighted by Crippen LogP contribution is 2.31. The zero-order valence-electron chi connectivity index (χ0n) is 20.2. The summed E-state index contributed by atoms with van der Waals surface area (Å²) in [6.07, 6.45) is 4.08. The van der Waals surface area contributed by atoms with Gasteiger partial charge >= 0.3 is 0 Å². The van der Waals surface area contributed by atoms with Crippen LogP contribution >= 0.6 is 0 Å². The number of para-hydroxylation sites is 2. The summed E-state index contributed by atoms with van der Waals surface area (Å²) in [4.78, 5) is 29.4. The van der Waals surface area contributed by atoms with Crippen molar-refractivity contribution in [2.24, 2.45) is 0 Å². The molecular weight excluding hydrogens is 454 g/mol. The molecule has 5 rings (SSSR count). The maximum atomic E-state index is 14.0. The standard InChI is InChI=1S/C28H29N5O3/c1-36-23-15-9-10-20(18-23)27(28(35)29-21-11-5-6-12-21)33(22-13-3-2-4-14-22)26(34)19-32-25-17-8-7-16-24(25)30-31-32/h2-4,7-10,13-18,21,27H,5-6,11-12,19H2,1H3,(H,29,35)/t27-/m0/s1. The van der Waals surface area contributed by atoms with Crippen LogP contribution in [0.3, 0.4) is 0 Å². The molecular formula is C28H29N5O3. The second-order valence-corrected chi connectivity index (χ2v) is 9.00. The van der Waals surface area contributed by atoms with Gasteiger partial charge in [0.2, 0.25) is 11.8 Å². The number of anilines is 1. The van der Waals surface area contributed by atoms with Gasteiger partial charge in [0.25, 0.3) is 0 Å². The van der Waals surface area contributed by atoms with Gasteiger partial charge in [0, 0.05) is 11.7 Å². The van der Waals surface area contributed by atoms with Crippen LogP contribution in [0.25, 0.3) is 11.0 Å². The lowest BCUT2D eigenvalue weighted by Gasteiger charge is -2.32. The molecule has 2 amide bonds. The molecule has 4 aromatic rings. The molecule has 3 aromatic carbocycles. The molecule has 0 aliphatic heterocycles. The third kappa shape index (κ3) is 4.93. The number of nitrogens with zero attached hydrogens (tertiary/aromatic N) is 4. The molecule has 1 saturated carbocycles. The Morgan fingerprint density at radius 1 is 1.03 bits per heavy atom. The van der Waals surface area contributed by atoms with Crippen LogP contribution in [0.5, 0.6) is 5.75 Å². The van der Waals surface area contributed by atoms with E-state index in [-0.39, 0.29) is 24.4 Å². The van der Waals surface area contributed by atoms with E-state index in [2.05, 4.69) is 15.6 Å². The molecule has 36 heavy (non-hydrogen) atoms. The highest BCUT2D eigenvalue weighted by Gasteiger charge is 2.34. The molecule has 1 N–H and O–H groups in total. The number of benzene rings is 3. The average molecular weight is 484 g/mol. The van der Waals surface area contributed by atoms with Crippen molar-refractivity contribution in [2.45, 2.75) is 44.3 Å². The first-order valence-corrected chi connectivity index (χ1v) is 12.2. The Morgan fingerprint density at radius 3 is 2.56 bits per heavy atom. The second-order valence-electron chi connectivity index (χ2n) is 9.00. The van der Waals surface area contributed by atoms with Crippen molar-refractivity contribution < 1.29 is 14.3 Å². The molecule has 1 aliphatic carbocycles. The number of rotatable bonds is 8. The van der Waals surface area contributed by atoms with Gasteiger partial charge in [-0.1, -0.05) is 60.5 Å². The van der Waals surface area contributed by atoms with E-state index in [9.17, 15) is 9.59 Å². The number of carbonyl (C=O) groups excluding carboxylic acids is 2. The lowest BCUT2D eigenvalue weighted by atomic mass is 10.0. The minimum Gasteiger partial charge on any atom is -0.497 e. The van der Waals surface area contributed by atoms with Crippen LogP contribution in [0.4, 0.5) is 5.69 Å². The molecule has 8 nitrogen and oxygen atoms in total. The Hall–Kier alpha value is -4.20. The van der Waals surface area contributed by atoms with Crippen LogP contribution in [0, 0.1) is 0 Å². The fourth-order valence-corrected chi connectivity index (χ4v) is 4.84. The summed E-state index contributed by atoms with van der Waals surface area (Å²) in [6.45, 7) is -0.0629. The molecule has 184 valence electrons. The quantitative estimate of drug-likeness (QED) is 0.404. The van der Waals surface area contributed by atoms with Crippen molar-refractivity contribution >= 4 is 28.5 Å². The molecule has 1 aromatic heterocycles. The Kier molecular flexibility index (Phi) is 6.93. The van der Waals surface area contributed by atoms with Crippen LogP contribution in [-0.2, 0) is 16.1 Å². The molecule has 0 unspecified atom stereocenters. The van der Waals surface area contributed by atoms with E-state index >= 15 is 0 Å². The minimum atomic E-state index is -0.884. The van der Waals surface area contributed by atoms with Crippen molar-refractivity contribution in [1.29, 1.82) is 0 Å². The van der Waals surface area contributed by atoms with Crippen LogP contribution in [-0.4, -0.2) is 40.0 Å². The monoisotopic (exact) mass is 483 g/mol. The molecule has 1 aliphatic rings. The van der Waals surface area contributed by atoms with E-state index in [0.717, 1.165) is 31.2 Å². The summed E-state index contributed by atoms with van der Waals surface area (Å²) in [5, 5.41) is 11.6. The first-order chi connectivity index (χ1) is 17.6. The molecule has 0 spiro atoms. The number of hydrogen-bond donors (Lipinski definition) is 1. The number of methoxy groups -OCH3 is 1. The highest BCUT2D eigenvalue weighted by atomic mass is 16.5. The van der Waals surface area contributed by atoms with Gasteiger partial charge in [-0.05, 0) is 54.8 Å². The molecule has 0 bridgehead atoms. The van der Waals surface area contributed by atoms with Gasteiger partial charge in [-0.25, -0.2) is 4.68 Å². The summed E-state index contributed by atoms with van der Waals surface area (Å²) < 4.78 is 7.01. The van der Waals surface area contributed by atoms with Crippen molar-refractivity contribution in [3.05, 3.63) is 84.4 Å². The maximum absolute atomic E-state index is 14.0. The Labute approximate surface area is 209 Å². The highest BCUT2D eigenvalue weighted by molar-refractivity contribution is 6.01. The minimum absolute atomic E-state index is 0.0629. The van der Waals surface area contributed by atoms with Crippen molar-refractivity contribution in [3.63, 3.8) is 0 Å². The number of amides is 2. The summed E-state index contributed by atoms with van der Waals surface area (Å²) in [5.41, 5.74) is 2.76. The Morgan fingerprint density at radius 2 is 1.78 bits per heavy atom. The predicted octanol–water partition coefficient (Wildman–Crippen LogP) is 4.27. The van der Waals surface area contributed by atoms with E-state index in [4.69, 9.17) is 4.74 Å². The van der Waals surface area contributed by atoms with Crippen LogP contribution in [0.1, 0.15) is 37.3 Å². The number of fused-ring (bicyclic) bond motifs is 1. The third-order valence-electron chi connectivity index (χ3n) is 6.63. The van der Waals surface area contributed by atoms with Crippen LogP contribution in [0.15, 0.2) is 78.9 Å². The largest absolute Gasteiger partial charge is 0.497 e. The summed E-state index contributed by atoms with van der Waals surface area (Å²) in [6, 6.07) is 23.3. The third-order valence-corrected chi connectivity index (χ3v) is 6.63. The van der Waals surface area contributed by atoms with E-state index < -0.39 is 6.04 Å². The van der Waals surface area contributed by atoms with Gasteiger partial charge in [0.1, 0.15) is 23.9 Å². The zero-order valence-corrected chi connectivity index (χ0v) is 20.2. The van der Waals surface area contributed by atoms with Crippen molar-refractivity contribution in [1.82, 2.24) is 20.3 Å². The van der Waals surface area contributed by atoms with E-state index in [0.29, 0.717) is 22.5 Å². The smallest absolute Gasteiger partial charge is 0.249 e. The number of ether oxygens (including phenoxy) is 1. The van der Waals surface area contributed by atoms with Gasteiger partial charge in [-0.15, -0.1) is 5.10 Å². The van der Waals surface area contributed by atoms with Crippen LogP contribution in [0.2, 0.25) is 0 Å². The molecule has 1 atom stereocenters. The van der Waals surface area contributed by atoms with Crippen LogP contribution < -0.4 is 15.0 Å². The summed E-state index contributed by atoms with van der Waals surface area (Å²) in [5.74, 6) is 0.135. The van der Waals surface area contributed by atoms with Gasteiger partial charge in [0.05, 0.1) is 12.6 Å². The lowest BCUT2D eigenvalue weighted by Crippen LogP contribution is -2.47. The Bertz CT molecular complexity index is 1350. The Balaban J connectivity index is 1.56. The summed E-state index contributed by atoms with van der Waals surface area (Å²) >= 11 is 0. The molecule has 0 radical (unpaired) electrons. The molecule has 0 saturated heterocycles. The fourth-order valence-electron chi connectivity index (χ4n) is 4.84. The summed E-state index contributed by atoms with van der Waals surface area (Å²) in [7, 11) is 1.59. The first kappa shape index (κ1) is 23.5. The topological polar surface area (TPSA) is 89.4 Å². The number of hydrogen-bond acceptors (Lipinski definition) is 5. The number of aromatic nitrogens is 3. The second kappa shape index (κ2) is 10.6. The number of nitrogens with one attached hydrogen (secondary N) is 1.